The summed E-state index contributed by atoms with van der Waals surface area (Å²) in [5, 5.41) is 21.2. The lowest BCUT2D eigenvalue weighted by molar-refractivity contribution is 0.430. The molecule has 0 fully saturated rings. The number of nitriles is 2. The molecule has 0 saturated carbocycles. The van der Waals surface area contributed by atoms with Crippen LogP contribution in [0, 0.1) is 28.1 Å². The van der Waals surface area contributed by atoms with Crippen LogP contribution in [-0.2, 0) is 0 Å². The van der Waals surface area contributed by atoms with E-state index in [9.17, 15) is 0 Å². The minimum Gasteiger partial charge on any atom is -0.384 e. The number of benzene rings is 1. The van der Waals surface area contributed by atoms with Gasteiger partial charge in [-0.15, -0.1) is 0 Å². The summed E-state index contributed by atoms with van der Waals surface area (Å²) >= 11 is 3.35. The molecule has 1 aromatic carbocycles. The monoisotopic (exact) mass is 319 g/mol. The van der Waals surface area contributed by atoms with Crippen molar-refractivity contribution < 1.29 is 0 Å². The molecule has 0 heterocycles. The Morgan fingerprint density at radius 3 is 2.63 bits per heavy atom. The zero-order valence-electron chi connectivity index (χ0n) is 11.3. The van der Waals surface area contributed by atoms with E-state index in [2.05, 4.69) is 33.4 Å². The number of anilines is 1. The van der Waals surface area contributed by atoms with Gasteiger partial charge in [0.05, 0.1) is 22.7 Å². The van der Waals surface area contributed by atoms with Crippen molar-refractivity contribution in [2.45, 2.75) is 33.1 Å². The summed E-state index contributed by atoms with van der Waals surface area (Å²) in [7, 11) is 0. The predicted molar refractivity (Wildman–Crippen MR) is 80.6 cm³/mol. The fourth-order valence-corrected chi connectivity index (χ4v) is 2.10. The van der Waals surface area contributed by atoms with Gasteiger partial charge in [0.25, 0.3) is 0 Å². The first-order chi connectivity index (χ1) is 8.98. The number of nitrogens with zero attached hydrogens (tertiary/aromatic N) is 2. The highest BCUT2D eigenvalue weighted by Crippen LogP contribution is 2.22. The van der Waals surface area contributed by atoms with Gasteiger partial charge in [-0.3, -0.25) is 0 Å². The van der Waals surface area contributed by atoms with Gasteiger partial charge < -0.3 is 5.32 Å². The average Bonchev–Trinajstić information content (AvgIpc) is 2.39. The van der Waals surface area contributed by atoms with Crippen molar-refractivity contribution in [2.24, 2.45) is 5.41 Å². The van der Waals surface area contributed by atoms with Crippen LogP contribution in [0.1, 0.15) is 38.7 Å². The molecule has 19 heavy (non-hydrogen) atoms. The van der Waals surface area contributed by atoms with E-state index in [1.165, 1.54) is 0 Å². The molecule has 100 valence electrons. The minimum absolute atomic E-state index is 0.241. The molecule has 1 N–H and O–H groups in total. The second-order valence-electron chi connectivity index (χ2n) is 5.18. The standard InChI is InChI=1S/C15H18BrN3/c1-15(2,11-18)7-3-4-8-19-14-6-5-13(16)9-12(14)10-17/h5-6,9,19H,3-4,7-8H2,1-2H3. The molecule has 0 saturated heterocycles. The molecule has 0 bridgehead atoms. The Morgan fingerprint density at radius 1 is 1.26 bits per heavy atom. The van der Waals surface area contributed by atoms with Crippen LogP contribution >= 0.6 is 15.9 Å². The number of hydrogen-bond donors (Lipinski definition) is 1. The normalized spacial score (nSPS) is 10.6. The van der Waals surface area contributed by atoms with Crippen LogP contribution in [0.2, 0.25) is 0 Å². The van der Waals surface area contributed by atoms with Crippen LogP contribution in [0.3, 0.4) is 0 Å². The summed E-state index contributed by atoms with van der Waals surface area (Å²) in [5.74, 6) is 0. The Balaban J connectivity index is 2.39. The van der Waals surface area contributed by atoms with E-state index >= 15 is 0 Å². The highest BCUT2D eigenvalue weighted by molar-refractivity contribution is 9.10. The quantitative estimate of drug-likeness (QED) is 0.788. The van der Waals surface area contributed by atoms with Crippen molar-refractivity contribution in [3.8, 4) is 12.1 Å². The second kappa shape index (κ2) is 7.16. The second-order valence-corrected chi connectivity index (χ2v) is 6.10. The van der Waals surface area contributed by atoms with E-state index in [-0.39, 0.29) is 5.41 Å². The Labute approximate surface area is 123 Å². The third kappa shape index (κ3) is 5.32. The van der Waals surface area contributed by atoms with Crippen LogP contribution in [0.15, 0.2) is 22.7 Å². The van der Waals surface area contributed by atoms with E-state index in [0.29, 0.717) is 5.56 Å². The SMILES string of the molecule is CC(C)(C#N)CCCCNc1ccc(Br)cc1C#N. The molecule has 0 aliphatic rings. The predicted octanol–water partition coefficient (Wildman–Crippen LogP) is 4.45. The van der Waals surface area contributed by atoms with Gasteiger partial charge >= 0.3 is 0 Å². The summed E-state index contributed by atoms with van der Waals surface area (Å²) in [5.41, 5.74) is 1.27. The largest absolute Gasteiger partial charge is 0.384 e. The lowest BCUT2D eigenvalue weighted by Crippen LogP contribution is -2.09. The first-order valence-corrected chi connectivity index (χ1v) is 7.12. The smallest absolute Gasteiger partial charge is 0.101 e. The maximum absolute atomic E-state index is 9.04. The van der Waals surface area contributed by atoms with Gasteiger partial charge in [-0.05, 0) is 44.9 Å². The summed E-state index contributed by atoms with van der Waals surface area (Å²) in [4.78, 5) is 0. The Kier molecular flexibility index (Phi) is 5.86. The van der Waals surface area contributed by atoms with Gasteiger partial charge in [-0.25, -0.2) is 0 Å². The van der Waals surface area contributed by atoms with Crippen LogP contribution in [-0.4, -0.2) is 6.54 Å². The van der Waals surface area contributed by atoms with Crippen molar-refractivity contribution in [1.82, 2.24) is 0 Å². The summed E-state index contributed by atoms with van der Waals surface area (Å²) in [6.45, 7) is 4.74. The average molecular weight is 320 g/mol. The van der Waals surface area contributed by atoms with Gasteiger partial charge in [0, 0.05) is 11.0 Å². The zero-order valence-corrected chi connectivity index (χ0v) is 12.9. The van der Waals surface area contributed by atoms with E-state index in [1.807, 2.05) is 26.0 Å². The molecule has 0 radical (unpaired) electrons. The van der Waals surface area contributed by atoms with Gasteiger partial charge in [-0.2, -0.15) is 10.5 Å². The first kappa shape index (κ1) is 15.5. The van der Waals surface area contributed by atoms with E-state index < -0.39 is 0 Å². The first-order valence-electron chi connectivity index (χ1n) is 6.33. The fraction of sp³-hybridized carbons (Fsp3) is 0.467. The molecule has 0 aliphatic heterocycles. The number of unbranched alkanes of at least 4 members (excludes halogenated alkanes) is 1. The Morgan fingerprint density at radius 2 is 2.00 bits per heavy atom. The Hall–Kier alpha value is -1.52. The highest BCUT2D eigenvalue weighted by atomic mass is 79.9. The van der Waals surface area contributed by atoms with Crippen LogP contribution in [0.5, 0.6) is 0 Å². The molecular weight excluding hydrogens is 302 g/mol. The Bertz CT molecular complexity index is 509. The number of rotatable bonds is 6. The minimum atomic E-state index is -0.241. The molecule has 0 unspecified atom stereocenters. The number of nitrogens with one attached hydrogen (secondary N) is 1. The number of hydrogen-bond acceptors (Lipinski definition) is 3. The van der Waals surface area contributed by atoms with E-state index in [4.69, 9.17) is 10.5 Å². The molecule has 0 amide bonds. The molecular formula is C15H18BrN3. The summed E-state index contributed by atoms with van der Waals surface area (Å²) in [6.07, 6.45) is 2.90. The molecule has 0 atom stereocenters. The van der Waals surface area contributed by atoms with Gasteiger partial charge in [-0.1, -0.05) is 22.4 Å². The maximum atomic E-state index is 9.04. The molecule has 0 aliphatic carbocycles. The van der Waals surface area contributed by atoms with Crippen molar-refractivity contribution >= 4 is 21.6 Å². The van der Waals surface area contributed by atoms with Crippen molar-refractivity contribution in [3.63, 3.8) is 0 Å². The lowest BCUT2D eigenvalue weighted by Gasteiger charge is -2.14. The molecule has 1 aromatic rings. The topological polar surface area (TPSA) is 59.6 Å². The fourth-order valence-electron chi connectivity index (χ4n) is 1.73. The van der Waals surface area contributed by atoms with Crippen molar-refractivity contribution in [1.29, 1.82) is 10.5 Å². The maximum Gasteiger partial charge on any atom is 0.101 e. The van der Waals surface area contributed by atoms with Crippen LogP contribution in [0.4, 0.5) is 5.69 Å². The molecule has 1 rings (SSSR count). The van der Waals surface area contributed by atoms with Gasteiger partial charge in [0.2, 0.25) is 0 Å². The number of halogens is 1. The van der Waals surface area contributed by atoms with E-state index in [1.54, 1.807) is 6.07 Å². The summed E-state index contributed by atoms with van der Waals surface area (Å²) in [6, 6.07) is 10.1. The third-order valence-corrected chi connectivity index (χ3v) is 3.44. The molecule has 3 nitrogen and oxygen atoms in total. The molecule has 0 spiro atoms. The van der Waals surface area contributed by atoms with Crippen molar-refractivity contribution in [2.75, 3.05) is 11.9 Å². The van der Waals surface area contributed by atoms with Gasteiger partial charge in [0.1, 0.15) is 6.07 Å². The van der Waals surface area contributed by atoms with Crippen LogP contribution in [0.25, 0.3) is 0 Å². The highest BCUT2D eigenvalue weighted by Gasteiger charge is 2.15. The third-order valence-electron chi connectivity index (χ3n) is 2.95. The van der Waals surface area contributed by atoms with Gasteiger partial charge in [0.15, 0.2) is 0 Å². The zero-order chi connectivity index (χ0) is 14.3. The molecule has 4 heteroatoms. The molecule has 0 aromatic heterocycles. The van der Waals surface area contributed by atoms with Crippen molar-refractivity contribution in [3.05, 3.63) is 28.2 Å². The lowest BCUT2D eigenvalue weighted by atomic mass is 9.89. The van der Waals surface area contributed by atoms with Crippen LogP contribution < -0.4 is 5.32 Å². The van der Waals surface area contributed by atoms with E-state index in [0.717, 1.165) is 36.0 Å². The summed E-state index contributed by atoms with van der Waals surface area (Å²) < 4.78 is 0.908.